The number of aliphatic hydroxyl groups excluding tert-OH is 1. The third-order valence-electron chi connectivity index (χ3n) is 4.41. The molecule has 0 fully saturated rings. The van der Waals surface area contributed by atoms with E-state index >= 15 is 0 Å². The molecule has 0 radical (unpaired) electrons. The molecule has 1 aliphatic carbocycles. The fourth-order valence-corrected chi connectivity index (χ4v) is 4.30. The maximum Gasteiger partial charge on any atom is 0.0930 e. The van der Waals surface area contributed by atoms with E-state index in [1.54, 1.807) is 11.3 Å². The summed E-state index contributed by atoms with van der Waals surface area (Å²) in [5.41, 5.74) is 2.32. The van der Waals surface area contributed by atoms with Gasteiger partial charge in [0.25, 0.3) is 0 Å². The van der Waals surface area contributed by atoms with E-state index in [1.165, 1.54) is 21.0 Å². The summed E-state index contributed by atoms with van der Waals surface area (Å²) in [5, 5.41) is 14.8. The minimum absolute atomic E-state index is 0.141. The van der Waals surface area contributed by atoms with E-state index in [-0.39, 0.29) is 12.1 Å². The summed E-state index contributed by atoms with van der Waals surface area (Å²) < 4.78 is 0. The van der Waals surface area contributed by atoms with Crippen LogP contribution in [0.1, 0.15) is 41.3 Å². The van der Waals surface area contributed by atoms with E-state index in [4.69, 9.17) is 0 Å². The van der Waals surface area contributed by atoms with Crippen molar-refractivity contribution in [3.63, 3.8) is 0 Å². The largest absolute Gasteiger partial charge is 0.394 e. The van der Waals surface area contributed by atoms with Gasteiger partial charge in [-0.1, -0.05) is 38.1 Å². The third kappa shape index (κ3) is 3.09. The second kappa shape index (κ2) is 6.49. The fraction of sp³-hybridized carbons (Fsp3) is 0.500. The number of nitrogens with one attached hydrogen (secondary N) is 1. The van der Waals surface area contributed by atoms with Crippen molar-refractivity contribution in [1.82, 2.24) is 10.3 Å². The van der Waals surface area contributed by atoms with Gasteiger partial charge < -0.3 is 10.4 Å². The van der Waals surface area contributed by atoms with Gasteiger partial charge >= 0.3 is 0 Å². The number of fused-ring (bicyclic) bond motifs is 1. The molecule has 1 atom stereocenters. The van der Waals surface area contributed by atoms with Crippen molar-refractivity contribution in [2.45, 2.75) is 45.2 Å². The highest BCUT2D eigenvalue weighted by Gasteiger charge is 2.37. The summed E-state index contributed by atoms with van der Waals surface area (Å²) in [6.45, 7) is 5.34. The second-order valence-corrected chi connectivity index (χ2v) is 7.77. The first-order chi connectivity index (χ1) is 10.6. The lowest BCUT2D eigenvalue weighted by Gasteiger charge is -2.29. The van der Waals surface area contributed by atoms with Crippen LogP contribution in [-0.2, 0) is 24.9 Å². The fourth-order valence-electron chi connectivity index (χ4n) is 3.22. The van der Waals surface area contributed by atoms with Gasteiger partial charge in [0.05, 0.1) is 17.2 Å². The summed E-state index contributed by atoms with van der Waals surface area (Å²) >= 11 is 1.78. The van der Waals surface area contributed by atoms with Crippen LogP contribution in [0.15, 0.2) is 30.5 Å². The maximum atomic E-state index is 9.99. The van der Waals surface area contributed by atoms with Gasteiger partial charge in [-0.25, -0.2) is 4.98 Å². The molecular formula is C18H24N2OS. The van der Waals surface area contributed by atoms with Gasteiger partial charge in [-0.2, -0.15) is 0 Å². The molecule has 1 unspecified atom stereocenters. The van der Waals surface area contributed by atoms with Crippen LogP contribution in [0.4, 0.5) is 0 Å². The van der Waals surface area contributed by atoms with E-state index in [2.05, 4.69) is 48.4 Å². The summed E-state index contributed by atoms with van der Waals surface area (Å²) in [7, 11) is 0. The summed E-state index contributed by atoms with van der Waals surface area (Å²) in [6, 6.07) is 8.45. The number of aromatic nitrogens is 1. The predicted molar refractivity (Wildman–Crippen MR) is 91.0 cm³/mol. The average Bonchev–Trinajstić information content (AvgIpc) is 3.10. The van der Waals surface area contributed by atoms with Gasteiger partial charge in [0.2, 0.25) is 0 Å². The quantitative estimate of drug-likeness (QED) is 0.860. The lowest BCUT2D eigenvalue weighted by atomic mass is 9.92. The molecule has 22 heavy (non-hydrogen) atoms. The lowest BCUT2D eigenvalue weighted by Crippen LogP contribution is -2.43. The van der Waals surface area contributed by atoms with Gasteiger partial charge in [-0.05, 0) is 29.9 Å². The molecule has 4 heteroatoms. The Morgan fingerprint density at radius 1 is 1.36 bits per heavy atom. The Balaban J connectivity index is 1.71. The topological polar surface area (TPSA) is 45.2 Å². The second-order valence-electron chi connectivity index (χ2n) is 6.57. The van der Waals surface area contributed by atoms with Crippen LogP contribution >= 0.6 is 11.3 Å². The van der Waals surface area contributed by atoms with Crippen molar-refractivity contribution >= 4 is 11.3 Å². The van der Waals surface area contributed by atoms with Crippen molar-refractivity contribution in [2.75, 3.05) is 6.61 Å². The molecule has 3 rings (SSSR count). The average molecular weight is 316 g/mol. The number of rotatable bonds is 6. The number of thiazole rings is 1. The molecule has 3 nitrogen and oxygen atoms in total. The van der Waals surface area contributed by atoms with E-state index in [0.717, 1.165) is 25.8 Å². The molecule has 0 bridgehead atoms. The zero-order chi connectivity index (χ0) is 15.6. The first kappa shape index (κ1) is 15.7. The number of nitrogens with zero attached hydrogens (tertiary/aromatic N) is 1. The number of benzene rings is 1. The van der Waals surface area contributed by atoms with E-state index in [1.807, 2.05) is 6.20 Å². The third-order valence-corrected chi connectivity index (χ3v) is 5.43. The molecule has 0 amide bonds. The minimum atomic E-state index is -0.293. The summed E-state index contributed by atoms with van der Waals surface area (Å²) in [4.78, 5) is 5.75. The lowest BCUT2D eigenvalue weighted by molar-refractivity contribution is 0.159. The molecule has 0 aliphatic heterocycles. The van der Waals surface area contributed by atoms with Crippen molar-refractivity contribution < 1.29 is 5.11 Å². The van der Waals surface area contributed by atoms with Crippen molar-refractivity contribution in [3.05, 3.63) is 51.5 Å². The number of aliphatic hydroxyl groups is 1. The predicted octanol–water partition coefficient (Wildman–Crippen LogP) is 3.27. The molecule has 1 aromatic carbocycles. The highest BCUT2D eigenvalue weighted by molar-refractivity contribution is 7.11. The van der Waals surface area contributed by atoms with Crippen molar-refractivity contribution in [3.8, 4) is 0 Å². The molecular weight excluding hydrogens is 292 g/mol. The maximum absolute atomic E-state index is 9.99. The number of hydrogen-bond acceptors (Lipinski definition) is 4. The molecule has 1 aromatic heterocycles. The highest BCUT2D eigenvalue weighted by atomic mass is 32.1. The Kier molecular flexibility index (Phi) is 4.62. The van der Waals surface area contributed by atoms with Crippen molar-refractivity contribution in [2.24, 2.45) is 5.92 Å². The van der Waals surface area contributed by atoms with Gasteiger partial charge in [0.15, 0.2) is 0 Å². The first-order valence-corrected chi connectivity index (χ1v) is 8.82. The van der Waals surface area contributed by atoms with Crippen LogP contribution in [0.2, 0.25) is 0 Å². The van der Waals surface area contributed by atoms with Crippen LogP contribution in [0.3, 0.4) is 0 Å². The van der Waals surface area contributed by atoms with E-state index < -0.39 is 0 Å². The molecule has 0 saturated carbocycles. The van der Waals surface area contributed by atoms with Crippen LogP contribution in [0.5, 0.6) is 0 Å². The van der Waals surface area contributed by atoms with Crippen LogP contribution in [0, 0.1) is 5.92 Å². The molecule has 118 valence electrons. The Morgan fingerprint density at radius 3 is 2.95 bits per heavy atom. The monoisotopic (exact) mass is 316 g/mol. The standard InChI is InChI=1S/C18H24N2OS/c1-13(2)9-17-19-10-15(22-17)11-20-18(12-21)8-7-14-5-3-4-6-16(14)18/h3-6,10,13,20-21H,7-9,11-12H2,1-2H3. The van der Waals surface area contributed by atoms with Crippen LogP contribution < -0.4 is 5.32 Å². The molecule has 2 N–H and O–H groups in total. The molecule has 0 spiro atoms. The molecule has 2 aromatic rings. The Labute approximate surface area is 136 Å². The smallest absolute Gasteiger partial charge is 0.0930 e. The Morgan fingerprint density at radius 2 is 2.18 bits per heavy atom. The van der Waals surface area contributed by atoms with Crippen LogP contribution in [0.25, 0.3) is 0 Å². The number of hydrogen-bond donors (Lipinski definition) is 2. The number of aryl methyl sites for hydroxylation is 1. The summed E-state index contributed by atoms with van der Waals surface area (Å²) in [5.74, 6) is 0.637. The SMILES string of the molecule is CC(C)Cc1ncc(CNC2(CO)CCc3ccccc32)s1. The molecule has 1 aliphatic rings. The molecule has 0 saturated heterocycles. The van der Waals surface area contributed by atoms with E-state index in [0.29, 0.717) is 5.92 Å². The Bertz CT molecular complexity index is 638. The first-order valence-electron chi connectivity index (χ1n) is 8.01. The minimum Gasteiger partial charge on any atom is -0.394 e. The zero-order valence-corrected chi connectivity index (χ0v) is 14.1. The van der Waals surface area contributed by atoms with E-state index in [9.17, 15) is 5.11 Å². The normalized spacial score (nSPS) is 20.5. The summed E-state index contributed by atoms with van der Waals surface area (Å²) in [6.07, 6.45) is 5.01. The zero-order valence-electron chi connectivity index (χ0n) is 13.3. The Hall–Kier alpha value is -1.23. The molecule has 1 heterocycles. The van der Waals surface area contributed by atoms with Gasteiger partial charge in [0.1, 0.15) is 0 Å². The van der Waals surface area contributed by atoms with Gasteiger partial charge in [-0.3, -0.25) is 0 Å². The van der Waals surface area contributed by atoms with Gasteiger partial charge in [0, 0.05) is 24.0 Å². The highest BCUT2D eigenvalue weighted by Crippen LogP contribution is 2.36. The van der Waals surface area contributed by atoms with Crippen molar-refractivity contribution in [1.29, 1.82) is 0 Å². The van der Waals surface area contributed by atoms with Crippen LogP contribution in [-0.4, -0.2) is 16.7 Å². The van der Waals surface area contributed by atoms with Gasteiger partial charge in [-0.15, -0.1) is 11.3 Å².